The summed E-state index contributed by atoms with van der Waals surface area (Å²) in [5.74, 6) is 0.224. The zero-order chi connectivity index (χ0) is 23.8. The van der Waals surface area contributed by atoms with Gasteiger partial charge < -0.3 is 20.3 Å². The van der Waals surface area contributed by atoms with Crippen LogP contribution in [0.5, 0.6) is 5.88 Å². The van der Waals surface area contributed by atoms with Gasteiger partial charge in [-0.25, -0.2) is 4.98 Å². The van der Waals surface area contributed by atoms with E-state index < -0.39 is 0 Å². The zero-order valence-electron chi connectivity index (χ0n) is 18.8. The Balaban J connectivity index is 1.32. The van der Waals surface area contributed by atoms with Gasteiger partial charge >= 0.3 is 0 Å². The van der Waals surface area contributed by atoms with E-state index in [4.69, 9.17) is 27.9 Å². The Kier molecular flexibility index (Phi) is 6.20. The van der Waals surface area contributed by atoms with Gasteiger partial charge in [-0.3, -0.25) is 9.69 Å². The van der Waals surface area contributed by atoms with Crippen molar-refractivity contribution in [2.75, 3.05) is 34.9 Å². The Morgan fingerprint density at radius 2 is 1.85 bits per heavy atom. The van der Waals surface area contributed by atoms with E-state index >= 15 is 0 Å². The average molecular weight is 499 g/mol. The first-order chi connectivity index (χ1) is 16.4. The van der Waals surface area contributed by atoms with Gasteiger partial charge in [0.15, 0.2) is 6.73 Å². The number of ether oxygens (including phenoxy) is 1. The van der Waals surface area contributed by atoms with Gasteiger partial charge in [0.25, 0.3) is 5.91 Å². The van der Waals surface area contributed by atoms with E-state index in [0.717, 1.165) is 18.8 Å². The molecule has 0 bridgehead atoms. The van der Waals surface area contributed by atoms with Gasteiger partial charge in [-0.05, 0) is 50.2 Å². The Bertz CT molecular complexity index is 1200. The van der Waals surface area contributed by atoms with Gasteiger partial charge in [0.1, 0.15) is 5.56 Å². The average Bonchev–Trinajstić information content (AvgIpc) is 2.82. The van der Waals surface area contributed by atoms with E-state index in [1.165, 1.54) is 16.8 Å². The topological polar surface area (TPSA) is 82.6 Å². The maximum atomic E-state index is 13.0. The Morgan fingerprint density at radius 3 is 2.59 bits per heavy atom. The Hall–Kier alpha value is -3.07. The van der Waals surface area contributed by atoms with E-state index in [2.05, 4.69) is 51.5 Å². The normalized spacial score (nSPS) is 20.1. The fraction of sp³-hybridized carbons (Fsp3) is 0.292. The van der Waals surface area contributed by atoms with Crippen molar-refractivity contribution in [2.24, 2.45) is 0 Å². The summed E-state index contributed by atoms with van der Waals surface area (Å²) >= 11 is 12.5. The molecule has 1 aromatic heterocycles. The van der Waals surface area contributed by atoms with Crippen molar-refractivity contribution in [1.29, 1.82) is 0 Å². The second-order valence-corrected chi connectivity index (χ2v) is 9.29. The number of carbonyl (C=O) groups is 1. The SMILES string of the molecule is C[C@@H]1CN[C@@H](C)CN1c1ccc(Nc2ncc3c(n2)OCN(c2c(Cl)cccc2Cl)C3=O)cc1. The molecule has 8 nitrogen and oxygen atoms in total. The van der Waals surface area contributed by atoms with Crippen LogP contribution in [0.15, 0.2) is 48.7 Å². The summed E-state index contributed by atoms with van der Waals surface area (Å²) in [5.41, 5.74) is 2.65. The molecule has 10 heteroatoms. The van der Waals surface area contributed by atoms with E-state index in [0.29, 0.717) is 33.8 Å². The number of fused-ring (bicyclic) bond motifs is 1. The molecule has 3 aromatic rings. The number of aromatic nitrogens is 2. The highest BCUT2D eigenvalue weighted by molar-refractivity contribution is 6.40. The zero-order valence-corrected chi connectivity index (χ0v) is 20.3. The van der Waals surface area contributed by atoms with E-state index in [1.54, 1.807) is 18.2 Å². The molecule has 176 valence electrons. The number of para-hydroxylation sites is 1. The highest BCUT2D eigenvalue weighted by Gasteiger charge is 2.31. The third-order valence-electron chi connectivity index (χ3n) is 5.99. The molecule has 1 amide bonds. The van der Waals surface area contributed by atoms with Gasteiger partial charge in [-0.2, -0.15) is 4.98 Å². The molecule has 2 aliphatic heterocycles. The van der Waals surface area contributed by atoms with Crippen molar-refractivity contribution < 1.29 is 9.53 Å². The Morgan fingerprint density at radius 1 is 1.12 bits per heavy atom. The molecule has 0 radical (unpaired) electrons. The summed E-state index contributed by atoms with van der Waals surface area (Å²) in [6, 6.07) is 14.1. The quantitative estimate of drug-likeness (QED) is 0.538. The predicted molar refractivity (Wildman–Crippen MR) is 135 cm³/mol. The number of hydrogen-bond donors (Lipinski definition) is 2. The number of hydrogen-bond acceptors (Lipinski definition) is 7. The number of nitrogens with one attached hydrogen (secondary N) is 2. The van der Waals surface area contributed by atoms with Gasteiger partial charge in [-0.1, -0.05) is 29.3 Å². The minimum atomic E-state index is -0.327. The minimum absolute atomic E-state index is 0.0538. The lowest BCUT2D eigenvalue weighted by Crippen LogP contribution is -2.54. The van der Waals surface area contributed by atoms with Crippen LogP contribution in [0.25, 0.3) is 0 Å². The van der Waals surface area contributed by atoms with Crippen LogP contribution in [0.4, 0.5) is 23.0 Å². The standard InChI is InChI=1S/C24H24Cl2N6O2/c1-14-12-31(15(2)10-27-14)17-8-6-16(7-9-17)29-24-28-11-18-22(30-24)34-13-32(23(18)33)21-19(25)4-3-5-20(21)26/h3-9,11,14-15,27H,10,12-13H2,1-2H3,(H,28,29,30)/t14-,15+/m0/s1. The molecule has 5 rings (SSSR count). The number of anilines is 4. The molecule has 0 unspecified atom stereocenters. The van der Waals surface area contributed by atoms with Crippen molar-refractivity contribution in [3.8, 4) is 5.88 Å². The molecule has 2 N–H and O–H groups in total. The number of nitrogens with zero attached hydrogens (tertiary/aromatic N) is 4. The number of piperazine rings is 1. The first-order valence-corrected chi connectivity index (χ1v) is 11.8. The highest BCUT2D eigenvalue weighted by atomic mass is 35.5. The largest absolute Gasteiger partial charge is 0.455 e. The molecule has 0 aliphatic carbocycles. The molecule has 2 atom stereocenters. The number of carbonyl (C=O) groups excluding carboxylic acids is 1. The van der Waals surface area contributed by atoms with Crippen LogP contribution in [-0.4, -0.2) is 47.8 Å². The molecule has 3 heterocycles. The summed E-state index contributed by atoms with van der Waals surface area (Å²) < 4.78 is 5.75. The second-order valence-electron chi connectivity index (χ2n) is 8.47. The van der Waals surface area contributed by atoms with E-state index in [1.807, 2.05) is 12.1 Å². The molecular formula is C24H24Cl2N6O2. The van der Waals surface area contributed by atoms with E-state index in [9.17, 15) is 4.79 Å². The fourth-order valence-corrected chi connectivity index (χ4v) is 4.77. The smallest absolute Gasteiger partial charge is 0.268 e. The maximum absolute atomic E-state index is 13.0. The molecule has 2 aromatic carbocycles. The molecule has 0 saturated carbocycles. The molecule has 0 spiro atoms. The van der Waals surface area contributed by atoms with Gasteiger partial charge in [0.05, 0.1) is 15.7 Å². The van der Waals surface area contributed by atoms with Crippen molar-refractivity contribution >= 4 is 52.1 Å². The van der Waals surface area contributed by atoms with Crippen LogP contribution in [0.3, 0.4) is 0 Å². The number of amides is 1. The Labute approximate surface area is 207 Å². The number of halogens is 2. The van der Waals surface area contributed by atoms with Crippen molar-refractivity contribution in [3.05, 3.63) is 64.3 Å². The minimum Gasteiger partial charge on any atom is -0.455 e. The van der Waals surface area contributed by atoms with Gasteiger partial charge in [0.2, 0.25) is 11.8 Å². The monoisotopic (exact) mass is 498 g/mol. The van der Waals surface area contributed by atoms with Crippen LogP contribution in [0.1, 0.15) is 24.2 Å². The summed E-state index contributed by atoms with van der Waals surface area (Å²) in [6.07, 6.45) is 1.45. The third kappa shape index (κ3) is 4.36. The molecular weight excluding hydrogens is 475 g/mol. The number of benzene rings is 2. The summed E-state index contributed by atoms with van der Waals surface area (Å²) in [6.45, 7) is 6.28. The van der Waals surface area contributed by atoms with E-state index in [-0.39, 0.29) is 24.1 Å². The molecule has 34 heavy (non-hydrogen) atoms. The highest BCUT2D eigenvalue weighted by Crippen LogP contribution is 2.37. The predicted octanol–water partition coefficient (Wildman–Crippen LogP) is 4.71. The molecule has 1 fully saturated rings. The first-order valence-electron chi connectivity index (χ1n) is 11.0. The van der Waals surface area contributed by atoms with Gasteiger partial charge in [-0.15, -0.1) is 0 Å². The van der Waals surface area contributed by atoms with Crippen molar-refractivity contribution in [2.45, 2.75) is 25.9 Å². The first kappa shape index (κ1) is 22.7. The summed E-state index contributed by atoms with van der Waals surface area (Å²) in [7, 11) is 0. The summed E-state index contributed by atoms with van der Waals surface area (Å²) in [4.78, 5) is 25.5. The lowest BCUT2D eigenvalue weighted by molar-refractivity contribution is 0.0932. The van der Waals surface area contributed by atoms with Crippen LogP contribution < -0.4 is 25.2 Å². The number of rotatable bonds is 4. The van der Waals surface area contributed by atoms with Crippen LogP contribution >= 0.6 is 23.2 Å². The molecule has 1 saturated heterocycles. The van der Waals surface area contributed by atoms with Gasteiger partial charge in [0, 0.05) is 42.7 Å². The third-order valence-corrected chi connectivity index (χ3v) is 6.60. The second kappa shape index (κ2) is 9.29. The lowest BCUT2D eigenvalue weighted by atomic mass is 10.1. The van der Waals surface area contributed by atoms with Crippen molar-refractivity contribution in [1.82, 2.24) is 15.3 Å². The summed E-state index contributed by atoms with van der Waals surface area (Å²) in [5, 5.41) is 7.40. The maximum Gasteiger partial charge on any atom is 0.268 e. The van der Waals surface area contributed by atoms with Crippen LogP contribution in [0.2, 0.25) is 10.0 Å². The van der Waals surface area contributed by atoms with Crippen molar-refractivity contribution in [3.63, 3.8) is 0 Å². The molecule has 2 aliphatic rings. The van der Waals surface area contributed by atoms with Crippen LogP contribution in [0, 0.1) is 0 Å². The van der Waals surface area contributed by atoms with Crippen LogP contribution in [-0.2, 0) is 0 Å². The fourth-order valence-electron chi connectivity index (χ4n) is 4.17. The lowest BCUT2D eigenvalue weighted by Gasteiger charge is -2.39.